The van der Waals surface area contributed by atoms with E-state index in [1.165, 1.54) is 45.0 Å². The van der Waals surface area contributed by atoms with E-state index in [4.69, 9.17) is 27.9 Å². The van der Waals surface area contributed by atoms with Crippen molar-refractivity contribution < 1.29 is 27.9 Å². The van der Waals surface area contributed by atoms with Crippen LogP contribution in [0.25, 0.3) is 0 Å². The monoisotopic (exact) mass is 1000 g/mol. The first kappa shape index (κ1) is 53.2. The van der Waals surface area contributed by atoms with Gasteiger partial charge in [0.05, 0.1) is 33.6 Å². The van der Waals surface area contributed by atoms with Gasteiger partial charge >= 0.3 is 21.1 Å². The predicted molar refractivity (Wildman–Crippen MR) is 297 cm³/mol. The first-order valence-electron chi connectivity index (χ1n) is 24.5. The number of anilines is 6. The van der Waals surface area contributed by atoms with Gasteiger partial charge in [-0.25, -0.2) is 0 Å². The third-order valence-corrected chi connectivity index (χ3v) is 15.5. The Balaban J connectivity index is 0.000000161. The molecule has 0 saturated carbocycles. The van der Waals surface area contributed by atoms with E-state index in [-0.39, 0.29) is 40.7 Å². The molecule has 6 aromatic carbocycles. The molecule has 0 radical (unpaired) electrons. The molecule has 0 aromatic heterocycles. The van der Waals surface area contributed by atoms with E-state index in [9.17, 15) is 0 Å². The summed E-state index contributed by atoms with van der Waals surface area (Å²) in [5.74, 6) is 0. The lowest BCUT2D eigenvalue weighted by Gasteiger charge is -2.32. The van der Waals surface area contributed by atoms with E-state index in [1.807, 2.05) is 55.4 Å². The number of hydrogen-bond donors (Lipinski definition) is 0. The topological polar surface area (TPSA) is 61.9 Å². The fourth-order valence-electron chi connectivity index (χ4n) is 8.42. The van der Waals surface area contributed by atoms with Gasteiger partial charge in [-0.15, -0.1) is 0 Å². The molecule has 70 heavy (non-hydrogen) atoms. The quantitative estimate of drug-likeness (QED) is 0.140. The van der Waals surface area contributed by atoms with E-state index in [1.54, 1.807) is 0 Å². The Hall–Kier alpha value is -4.65. The van der Waals surface area contributed by atoms with E-state index in [2.05, 4.69) is 227 Å². The summed E-state index contributed by atoms with van der Waals surface area (Å²) in [5.41, 5.74) is 10.9. The average molecular weight is 1010 g/mol. The Morgan fingerprint density at radius 1 is 0.329 bits per heavy atom. The molecule has 0 bridgehead atoms. The van der Waals surface area contributed by atoms with Crippen molar-refractivity contribution in [3.8, 4) is 0 Å². The molecule has 6 aromatic rings. The minimum atomic E-state index is -0.476. The maximum atomic E-state index is 6.22. The van der Waals surface area contributed by atoms with Crippen molar-refractivity contribution in [1.82, 2.24) is 0 Å². The lowest BCUT2D eigenvalue weighted by Crippen LogP contribution is -2.41. The summed E-state index contributed by atoms with van der Waals surface area (Å²) in [4.78, 5) is 4.63. The summed E-state index contributed by atoms with van der Waals surface area (Å²) in [6, 6.07) is 50.9. The van der Waals surface area contributed by atoms with Gasteiger partial charge in [-0.05, 0) is 199 Å². The van der Waals surface area contributed by atoms with Gasteiger partial charge in [0.1, 0.15) is 0 Å². The molecule has 9 rings (SSSR count). The van der Waals surface area contributed by atoms with Crippen LogP contribution in [-0.2, 0) is 27.9 Å². The molecule has 0 atom stereocenters. The second-order valence-electron chi connectivity index (χ2n) is 21.7. The highest BCUT2D eigenvalue weighted by Crippen LogP contribution is 2.44. The number of nitrogens with zero attached hydrogens (tertiary/aromatic N) is 2. The van der Waals surface area contributed by atoms with Crippen LogP contribution in [-0.4, -0.2) is 54.7 Å². The molecule has 3 heterocycles. The molecule has 3 aliphatic rings. The van der Waals surface area contributed by atoms with Crippen LogP contribution in [0.2, 0.25) is 0 Å². The normalized spacial score (nSPS) is 18.9. The van der Waals surface area contributed by atoms with Gasteiger partial charge in [0.25, 0.3) is 0 Å². The minimum Gasteiger partial charge on any atom is -0.405 e. The molecule has 8 nitrogen and oxygen atoms in total. The van der Waals surface area contributed by atoms with Gasteiger partial charge in [0.2, 0.25) is 0 Å². The number of para-hydroxylation sites is 4. The molecule has 3 aliphatic heterocycles. The number of aryl methyl sites for hydroxylation is 4. The van der Waals surface area contributed by atoms with E-state index >= 15 is 0 Å². The maximum absolute atomic E-state index is 6.22. The van der Waals surface area contributed by atoms with Crippen LogP contribution in [0.3, 0.4) is 0 Å². The third-order valence-electron chi connectivity index (χ3n) is 15.0. The molecule has 0 spiro atoms. The van der Waals surface area contributed by atoms with Crippen LogP contribution in [0.15, 0.2) is 150 Å². The molecular formula is C58H72B3BrN2O6. The number of rotatable bonds is 8. The van der Waals surface area contributed by atoms with Crippen LogP contribution >= 0.6 is 15.9 Å². The van der Waals surface area contributed by atoms with Crippen molar-refractivity contribution in [3.63, 3.8) is 0 Å². The molecule has 0 amide bonds. The third kappa shape index (κ3) is 11.2. The van der Waals surface area contributed by atoms with Gasteiger partial charge in [-0.2, -0.15) is 0 Å². The Labute approximate surface area is 428 Å². The van der Waals surface area contributed by atoms with Crippen LogP contribution in [0, 0.1) is 27.7 Å². The van der Waals surface area contributed by atoms with Crippen LogP contribution in [0.4, 0.5) is 34.1 Å². The van der Waals surface area contributed by atoms with E-state index in [0.717, 1.165) is 21.3 Å². The van der Waals surface area contributed by atoms with Crippen molar-refractivity contribution in [3.05, 3.63) is 172 Å². The molecule has 3 fully saturated rings. The fourth-order valence-corrected chi connectivity index (χ4v) is 8.69. The SMILES string of the molecule is CC1(C)OB(B2OC(C)(C)C(C)(C)O2)OC1(C)C.Cc1ccccc1N(c1ccc(B2OC(C)(C)C(C)(C)O2)cc1)c1ccccc1C.Cc1ccccc1N(c1ccc(Br)cc1)c1ccccc1C. The van der Waals surface area contributed by atoms with Gasteiger partial charge in [-0.3, -0.25) is 0 Å². The second-order valence-corrected chi connectivity index (χ2v) is 22.6. The first-order valence-corrected chi connectivity index (χ1v) is 25.3. The summed E-state index contributed by atoms with van der Waals surface area (Å²) in [5, 5.41) is 0. The van der Waals surface area contributed by atoms with Crippen molar-refractivity contribution in [1.29, 1.82) is 0 Å². The standard InChI is InChI=1S/C26H30BNO2.C20H18BrN.C12H24B2O4/c1-19-11-7-9-13-23(19)28(24-14-10-8-12-20(24)2)22-17-15-21(16-18-22)27-29-25(3,4)26(5,6)30-27;1-15-7-3-5-9-19(15)22(18-13-11-17(21)12-14-18)20-10-6-4-8-16(20)2;1-9(2)10(3,4)16-13(15-9)14-17-11(5,6)12(7,8)18-14/h7-18H,1-6H3;3-14H,1-2H3;1-8H3. The summed E-state index contributed by atoms with van der Waals surface area (Å²) in [7, 11) is -1.30. The van der Waals surface area contributed by atoms with Crippen molar-refractivity contribution >= 4 is 76.7 Å². The van der Waals surface area contributed by atoms with Gasteiger partial charge in [0.15, 0.2) is 0 Å². The number of hydrogen-bond acceptors (Lipinski definition) is 8. The highest BCUT2D eigenvalue weighted by atomic mass is 79.9. The highest BCUT2D eigenvalue weighted by molar-refractivity contribution is 9.10. The Morgan fingerprint density at radius 3 is 0.843 bits per heavy atom. The molecular weight excluding hydrogens is 933 g/mol. The molecule has 0 unspecified atom stereocenters. The Morgan fingerprint density at radius 2 is 0.571 bits per heavy atom. The maximum Gasteiger partial charge on any atom is 0.494 e. The minimum absolute atomic E-state index is 0.343. The molecule has 0 N–H and O–H groups in total. The summed E-state index contributed by atoms with van der Waals surface area (Å²) >= 11 is 3.52. The summed E-state index contributed by atoms with van der Waals surface area (Å²) in [6.45, 7) is 33.1. The van der Waals surface area contributed by atoms with Crippen molar-refractivity contribution in [2.24, 2.45) is 0 Å². The van der Waals surface area contributed by atoms with E-state index in [0.29, 0.717) is 0 Å². The number of benzene rings is 6. The second kappa shape index (κ2) is 20.5. The zero-order chi connectivity index (χ0) is 51.0. The molecule has 12 heteroatoms. The largest absolute Gasteiger partial charge is 0.494 e. The van der Waals surface area contributed by atoms with Gasteiger partial charge < -0.3 is 37.7 Å². The zero-order valence-corrected chi connectivity index (χ0v) is 45.9. The van der Waals surface area contributed by atoms with Gasteiger partial charge in [0, 0.05) is 38.6 Å². The van der Waals surface area contributed by atoms with Crippen molar-refractivity contribution in [2.45, 2.75) is 144 Å². The van der Waals surface area contributed by atoms with E-state index < -0.39 is 14.0 Å². The van der Waals surface area contributed by atoms with Gasteiger partial charge in [-0.1, -0.05) is 101 Å². The fraction of sp³-hybridized carbons (Fsp3) is 0.379. The smallest absolute Gasteiger partial charge is 0.405 e. The first-order chi connectivity index (χ1) is 32.7. The molecule has 0 aliphatic carbocycles. The Kier molecular flexibility index (Phi) is 15.5. The van der Waals surface area contributed by atoms with Crippen LogP contribution < -0.4 is 15.3 Å². The zero-order valence-electron chi connectivity index (χ0n) is 44.3. The highest BCUT2D eigenvalue weighted by Gasteiger charge is 2.63. The Bertz CT molecular complexity index is 2570. The molecule has 3 saturated heterocycles. The van der Waals surface area contributed by atoms with Crippen LogP contribution in [0.5, 0.6) is 0 Å². The predicted octanol–water partition coefficient (Wildman–Crippen LogP) is 14.9. The summed E-state index contributed by atoms with van der Waals surface area (Å²) < 4.78 is 37.4. The summed E-state index contributed by atoms with van der Waals surface area (Å²) in [6.07, 6.45) is 0. The lowest BCUT2D eigenvalue weighted by molar-refractivity contribution is 0.00578. The number of halogens is 1. The average Bonchev–Trinajstić information content (AvgIpc) is 3.77. The lowest BCUT2D eigenvalue weighted by atomic mass is 9.49. The molecule has 366 valence electrons. The van der Waals surface area contributed by atoms with Crippen LogP contribution in [0.1, 0.15) is 105 Å². The van der Waals surface area contributed by atoms with Crippen molar-refractivity contribution in [2.75, 3.05) is 9.80 Å².